The van der Waals surface area contributed by atoms with Crippen LogP contribution in [0.4, 0.5) is 11.9 Å². The lowest BCUT2D eigenvalue weighted by Crippen LogP contribution is -2.62. The van der Waals surface area contributed by atoms with Gasteiger partial charge in [-0.3, -0.25) is 19.6 Å². The van der Waals surface area contributed by atoms with Crippen LogP contribution in [0.5, 0.6) is 0 Å². The summed E-state index contributed by atoms with van der Waals surface area (Å²) in [6.45, 7) is 5.59. The lowest BCUT2D eigenvalue weighted by Gasteiger charge is -2.50. The Kier molecular flexibility index (Phi) is 6.64. The molecule has 31 heavy (non-hydrogen) atoms. The van der Waals surface area contributed by atoms with Crippen molar-refractivity contribution in [2.75, 3.05) is 43.4 Å². The third-order valence-electron chi connectivity index (χ3n) is 6.46. The molecule has 168 valence electrons. The van der Waals surface area contributed by atoms with Gasteiger partial charge < -0.3 is 15.7 Å². The van der Waals surface area contributed by atoms with E-state index in [0.29, 0.717) is 12.0 Å². The van der Waals surface area contributed by atoms with Crippen molar-refractivity contribution in [3.8, 4) is 0 Å². The van der Waals surface area contributed by atoms with E-state index in [1.807, 2.05) is 12.1 Å². The molecule has 2 atom stereocenters. The van der Waals surface area contributed by atoms with Crippen LogP contribution in [0.1, 0.15) is 25.3 Å². The molecule has 2 fully saturated rings. The summed E-state index contributed by atoms with van der Waals surface area (Å²) in [7, 11) is 0. The van der Waals surface area contributed by atoms with Crippen molar-refractivity contribution in [2.45, 2.75) is 44.3 Å². The highest BCUT2D eigenvalue weighted by Crippen LogP contribution is 2.27. The van der Waals surface area contributed by atoms with Crippen molar-refractivity contribution in [3.63, 3.8) is 0 Å². The lowest BCUT2D eigenvalue weighted by atomic mass is 9.94. The monoisotopic (exact) mass is 447 g/mol. The quantitative estimate of drug-likeness (QED) is 0.613. The number of carboxylic acids is 1. The number of anilines is 2. The average Bonchev–Trinajstić information content (AvgIpc) is 3.18. The summed E-state index contributed by atoms with van der Waals surface area (Å²) in [4.78, 5) is 21.3. The molecule has 9 nitrogen and oxygen atoms in total. The van der Waals surface area contributed by atoms with E-state index in [0.717, 1.165) is 56.4 Å². The number of piperazine rings is 1. The number of aromatic amines is 1. The SMILES string of the molecule is CC1CN(C2CCN(c3nnc(N)[nH]3)CC2)[C@@H](Cc2ccc(Cl)cc2)CN1CC(=O)O. The number of rotatable bonds is 6. The van der Waals surface area contributed by atoms with E-state index < -0.39 is 5.97 Å². The number of carboxylic acid groups (broad SMARTS) is 1. The summed E-state index contributed by atoms with van der Waals surface area (Å²) in [6, 6.07) is 8.88. The van der Waals surface area contributed by atoms with Gasteiger partial charge >= 0.3 is 5.97 Å². The molecule has 0 saturated carbocycles. The van der Waals surface area contributed by atoms with Crippen LogP contribution in [0.2, 0.25) is 5.02 Å². The lowest BCUT2D eigenvalue weighted by molar-refractivity contribution is -0.140. The highest BCUT2D eigenvalue weighted by Gasteiger charge is 2.37. The number of carbonyl (C=O) groups is 1. The Morgan fingerprint density at radius 2 is 1.94 bits per heavy atom. The zero-order valence-corrected chi connectivity index (χ0v) is 18.5. The van der Waals surface area contributed by atoms with Crippen LogP contribution in [0.3, 0.4) is 0 Å². The van der Waals surface area contributed by atoms with Crippen LogP contribution in [0, 0.1) is 0 Å². The minimum Gasteiger partial charge on any atom is -0.480 e. The number of halogens is 1. The Morgan fingerprint density at radius 1 is 1.23 bits per heavy atom. The third kappa shape index (κ3) is 5.28. The van der Waals surface area contributed by atoms with Crippen molar-refractivity contribution >= 4 is 29.5 Å². The fraction of sp³-hybridized carbons (Fsp3) is 0.571. The topological polar surface area (TPSA) is 115 Å². The second kappa shape index (κ2) is 9.42. The highest BCUT2D eigenvalue weighted by molar-refractivity contribution is 6.30. The number of nitrogens with two attached hydrogens (primary N) is 1. The fourth-order valence-electron chi connectivity index (χ4n) is 4.86. The highest BCUT2D eigenvalue weighted by atomic mass is 35.5. The van der Waals surface area contributed by atoms with Crippen molar-refractivity contribution in [1.82, 2.24) is 25.0 Å². The minimum absolute atomic E-state index is 0.0808. The van der Waals surface area contributed by atoms with E-state index in [-0.39, 0.29) is 18.6 Å². The Hall–Kier alpha value is -2.36. The smallest absolute Gasteiger partial charge is 0.317 e. The maximum atomic E-state index is 11.4. The van der Waals surface area contributed by atoms with Gasteiger partial charge in [-0.05, 0) is 43.9 Å². The largest absolute Gasteiger partial charge is 0.480 e. The van der Waals surface area contributed by atoms with Gasteiger partial charge in [-0.1, -0.05) is 23.7 Å². The zero-order chi connectivity index (χ0) is 22.0. The summed E-state index contributed by atoms with van der Waals surface area (Å²) in [6.07, 6.45) is 2.91. The molecule has 0 bridgehead atoms. The molecule has 1 unspecified atom stereocenters. The molecule has 10 heteroatoms. The van der Waals surface area contributed by atoms with Crippen molar-refractivity contribution in [2.24, 2.45) is 0 Å². The summed E-state index contributed by atoms with van der Waals surface area (Å²) in [5.74, 6) is 0.294. The predicted octanol–water partition coefficient (Wildman–Crippen LogP) is 1.71. The number of hydrogen-bond acceptors (Lipinski definition) is 7. The Morgan fingerprint density at radius 3 is 2.55 bits per heavy atom. The van der Waals surface area contributed by atoms with E-state index in [1.165, 1.54) is 5.56 Å². The van der Waals surface area contributed by atoms with E-state index in [2.05, 4.69) is 48.9 Å². The maximum Gasteiger partial charge on any atom is 0.317 e. The van der Waals surface area contributed by atoms with Gasteiger partial charge in [0.25, 0.3) is 0 Å². The maximum absolute atomic E-state index is 11.4. The van der Waals surface area contributed by atoms with Crippen LogP contribution in [-0.2, 0) is 11.2 Å². The Balaban J connectivity index is 1.46. The van der Waals surface area contributed by atoms with E-state index in [9.17, 15) is 9.90 Å². The van der Waals surface area contributed by atoms with Gasteiger partial charge in [-0.15, -0.1) is 10.2 Å². The molecule has 0 amide bonds. The van der Waals surface area contributed by atoms with Gasteiger partial charge in [0.1, 0.15) is 0 Å². The molecule has 4 N–H and O–H groups in total. The van der Waals surface area contributed by atoms with Gasteiger partial charge in [0.15, 0.2) is 0 Å². The summed E-state index contributed by atoms with van der Waals surface area (Å²) < 4.78 is 0. The fourth-order valence-corrected chi connectivity index (χ4v) is 4.98. The van der Waals surface area contributed by atoms with Crippen molar-refractivity contribution < 1.29 is 9.90 Å². The van der Waals surface area contributed by atoms with Crippen molar-refractivity contribution in [1.29, 1.82) is 0 Å². The molecule has 0 aliphatic carbocycles. The molecule has 4 rings (SSSR count). The third-order valence-corrected chi connectivity index (χ3v) is 6.71. The number of nitrogen functional groups attached to an aromatic ring is 1. The number of benzene rings is 1. The summed E-state index contributed by atoms with van der Waals surface area (Å²) >= 11 is 6.06. The molecule has 3 heterocycles. The number of hydrogen-bond donors (Lipinski definition) is 3. The molecule has 2 saturated heterocycles. The van der Waals surface area contributed by atoms with E-state index in [4.69, 9.17) is 17.3 Å². The second-order valence-corrected chi connectivity index (χ2v) is 9.04. The molecular formula is C21H30ClN7O2. The van der Waals surface area contributed by atoms with Crippen LogP contribution < -0.4 is 10.6 Å². The minimum atomic E-state index is -0.773. The summed E-state index contributed by atoms with van der Waals surface area (Å²) in [5, 5.41) is 18.1. The van der Waals surface area contributed by atoms with Crippen LogP contribution in [0.25, 0.3) is 0 Å². The van der Waals surface area contributed by atoms with Gasteiger partial charge in [-0.2, -0.15) is 0 Å². The first-order valence-corrected chi connectivity index (χ1v) is 11.2. The molecule has 1 aromatic carbocycles. The van der Waals surface area contributed by atoms with Crippen LogP contribution in [0.15, 0.2) is 24.3 Å². The van der Waals surface area contributed by atoms with Gasteiger partial charge in [0.2, 0.25) is 11.9 Å². The molecule has 0 radical (unpaired) electrons. The van der Waals surface area contributed by atoms with E-state index >= 15 is 0 Å². The number of nitrogens with zero attached hydrogens (tertiary/aromatic N) is 5. The van der Waals surface area contributed by atoms with Crippen LogP contribution in [-0.4, -0.2) is 86.9 Å². The molecule has 0 spiro atoms. The molecule has 2 aliphatic heterocycles. The first-order chi connectivity index (χ1) is 14.9. The zero-order valence-electron chi connectivity index (χ0n) is 17.7. The number of aliphatic carboxylic acids is 1. The van der Waals surface area contributed by atoms with Gasteiger partial charge in [-0.25, -0.2) is 0 Å². The normalized spacial score (nSPS) is 23.9. The molecule has 2 aromatic rings. The number of H-pyrrole nitrogens is 1. The standard InChI is InChI=1S/C21H30ClN7O2/c1-14-11-29(17-6-8-27(9-7-17)21-24-20(23)25-26-21)18(12-28(14)13-19(30)31)10-15-2-4-16(22)5-3-15/h2-5,14,17-18H,6-13H2,1H3,(H,30,31)(H3,23,24,25,26)/t14?,18-/m0/s1. The Labute approximate surface area is 187 Å². The first kappa shape index (κ1) is 21.9. The van der Waals surface area contributed by atoms with E-state index in [1.54, 1.807) is 0 Å². The first-order valence-electron chi connectivity index (χ1n) is 10.8. The predicted molar refractivity (Wildman–Crippen MR) is 120 cm³/mol. The average molecular weight is 448 g/mol. The van der Waals surface area contributed by atoms with Crippen LogP contribution >= 0.6 is 11.6 Å². The van der Waals surface area contributed by atoms with Gasteiger partial charge in [0.05, 0.1) is 6.54 Å². The number of nitrogens with one attached hydrogen (secondary N) is 1. The van der Waals surface area contributed by atoms with Gasteiger partial charge in [0, 0.05) is 49.3 Å². The second-order valence-electron chi connectivity index (χ2n) is 8.61. The number of aromatic nitrogens is 3. The molecule has 2 aliphatic rings. The van der Waals surface area contributed by atoms with Crippen molar-refractivity contribution in [3.05, 3.63) is 34.9 Å². The Bertz CT molecular complexity index is 882. The molecular weight excluding hydrogens is 418 g/mol. The molecule has 1 aromatic heterocycles. The summed E-state index contributed by atoms with van der Waals surface area (Å²) in [5.41, 5.74) is 6.90. The number of piperidine rings is 1.